The third kappa shape index (κ3) is 3.78. The van der Waals surface area contributed by atoms with Crippen LogP contribution in [0.5, 0.6) is 5.75 Å². The summed E-state index contributed by atoms with van der Waals surface area (Å²) in [6.45, 7) is 1.84. The number of piperazine rings is 1. The van der Waals surface area contributed by atoms with E-state index in [0.717, 1.165) is 16.9 Å². The molecule has 8 nitrogen and oxygen atoms in total. The van der Waals surface area contributed by atoms with Crippen LogP contribution >= 0.6 is 11.3 Å². The third-order valence-electron chi connectivity index (χ3n) is 5.51. The summed E-state index contributed by atoms with van der Waals surface area (Å²) in [5.41, 5.74) is 2.52. The van der Waals surface area contributed by atoms with Crippen molar-refractivity contribution in [2.75, 3.05) is 24.5 Å². The first-order chi connectivity index (χ1) is 15.0. The summed E-state index contributed by atoms with van der Waals surface area (Å²) >= 11 is 1.24. The number of phenolic OH excluding ortho intramolecular Hbond substituents is 1. The van der Waals surface area contributed by atoms with E-state index in [2.05, 4.69) is 14.9 Å². The van der Waals surface area contributed by atoms with Crippen molar-refractivity contribution in [3.8, 4) is 5.75 Å². The Bertz CT molecular complexity index is 1290. The molecule has 0 aliphatic carbocycles. The van der Waals surface area contributed by atoms with Crippen LogP contribution in [0.4, 0.5) is 5.69 Å². The Labute approximate surface area is 184 Å². The van der Waals surface area contributed by atoms with Crippen LogP contribution in [-0.4, -0.2) is 58.0 Å². The van der Waals surface area contributed by atoms with E-state index < -0.39 is 10.0 Å². The molecule has 1 aliphatic rings. The number of benzene rings is 1. The molecule has 0 saturated carbocycles. The predicted molar refractivity (Wildman–Crippen MR) is 120 cm³/mol. The molecule has 0 amide bonds. The van der Waals surface area contributed by atoms with E-state index in [1.54, 1.807) is 46.3 Å². The van der Waals surface area contributed by atoms with E-state index in [4.69, 9.17) is 0 Å². The van der Waals surface area contributed by atoms with Crippen molar-refractivity contribution in [2.45, 2.75) is 16.8 Å². The number of aromatic nitrogens is 3. The number of fused-ring (bicyclic) bond motifs is 1. The Morgan fingerprint density at radius 1 is 1.06 bits per heavy atom. The number of hydrogen-bond donors (Lipinski definition) is 1. The number of hydrogen-bond acceptors (Lipinski definition) is 7. The van der Waals surface area contributed by atoms with Gasteiger partial charge in [0.15, 0.2) is 5.65 Å². The zero-order valence-electron chi connectivity index (χ0n) is 16.6. The van der Waals surface area contributed by atoms with E-state index >= 15 is 0 Å². The third-order valence-corrected chi connectivity index (χ3v) is 8.75. The van der Waals surface area contributed by atoms with Crippen molar-refractivity contribution in [3.05, 3.63) is 66.4 Å². The van der Waals surface area contributed by atoms with Crippen molar-refractivity contribution >= 4 is 38.2 Å². The Kier molecular flexibility index (Phi) is 5.12. The molecule has 5 rings (SSSR count). The molecule has 4 aromatic rings. The molecule has 1 N–H and O–H groups in total. The van der Waals surface area contributed by atoms with Gasteiger partial charge in [-0.25, -0.2) is 13.4 Å². The Hall–Kier alpha value is -2.95. The van der Waals surface area contributed by atoms with E-state index in [0.29, 0.717) is 30.4 Å². The fourth-order valence-corrected chi connectivity index (χ4v) is 6.62. The predicted octanol–water partition coefficient (Wildman–Crippen LogP) is 2.78. The van der Waals surface area contributed by atoms with E-state index in [-0.39, 0.29) is 11.8 Å². The summed E-state index contributed by atoms with van der Waals surface area (Å²) < 4.78 is 30.2. The Morgan fingerprint density at radius 2 is 1.87 bits per heavy atom. The molecule has 10 heteroatoms. The van der Waals surface area contributed by atoms with Gasteiger partial charge < -0.3 is 14.6 Å². The first-order valence-corrected chi connectivity index (χ1v) is 12.2. The van der Waals surface area contributed by atoms with E-state index in [1.807, 2.05) is 29.0 Å². The lowest BCUT2D eigenvalue weighted by Gasteiger charge is -2.42. The van der Waals surface area contributed by atoms with Crippen LogP contribution in [0.3, 0.4) is 0 Å². The van der Waals surface area contributed by atoms with Crippen molar-refractivity contribution < 1.29 is 13.5 Å². The first kappa shape index (κ1) is 20.0. The fourth-order valence-electron chi connectivity index (χ4n) is 4.01. The van der Waals surface area contributed by atoms with Gasteiger partial charge in [-0.3, -0.25) is 4.98 Å². The van der Waals surface area contributed by atoms with Crippen LogP contribution in [0.25, 0.3) is 11.2 Å². The zero-order valence-corrected chi connectivity index (χ0v) is 18.2. The van der Waals surface area contributed by atoms with Crippen molar-refractivity contribution in [2.24, 2.45) is 0 Å². The Balaban J connectivity index is 1.49. The quantitative estimate of drug-likeness (QED) is 0.498. The van der Waals surface area contributed by atoms with Gasteiger partial charge in [0.25, 0.3) is 10.0 Å². The highest BCUT2D eigenvalue weighted by Crippen LogP contribution is 2.28. The van der Waals surface area contributed by atoms with Crippen LogP contribution in [0, 0.1) is 0 Å². The summed E-state index contributed by atoms with van der Waals surface area (Å²) in [5, 5.41) is 11.5. The zero-order chi connectivity index (χ0) is 21.4. The average Bonchev–Trinajstić information content (AvgIpc) is 3.46. The normalized spacial score (nSPS) is 17.9. The van der Waals surface area contributed by atoms with Crippen LogP contribution in [0.15, 0.2) is 70.6 Å². The SMILES string of the molecule is O=S(=O)(c1cccs1)N1CCN(c2ccc(O)cc2)[C@@H](Cn2ccc3nccnc32)C1. The average molecular weight is 456 g/mol. The van der Waals surface area contributed by atoms with Gasteiger partial charge in [-0.1, -0.05) is 6.07 Å². The van der Waals surface area contributed by atoms with Crippen molar-refractivity contribution in [3.63, 3.8) is 0 Å². The molecule has 1 aliphatic heterocycles. The van der Waals surface area contributed by atoms with Crippen LogP contribution in [-0.2, 0) is 16.6 Å². The summed E-state index contributed by atoms with van der Waals surface area (Å²) in [6.07, 6.45) is 5.25. The number of anilines is 1. The Morgan fingerprint density at radius 3 is 2.65 bits per heavy atom. The lowest BCUT2D eigenvalue weighted by molar-refractivity contribution is 0.315. The lowest BCUT2D eigenvalue weighted by atomic mass is 10.1. The molecule has 0 radical (unpaired) electrons. The van der Waals surface area contributed by atoms with Gasteiger partial charge >= 0.3 is 0 Å². The number of aromatic hydroxyl groups is 1. The fraction of sp³-hybridized carbons (Fsp3) is 0.238. The number of rotatable bonds is 5. The molecule has 1 atom stereocenters. The molecule has 0 bridgehead atoms. The summed E-state index contributed by atoms with van der Waals surface area (Å²) in [6, 6.07) is 12.2. The van der Waals surface area contributed by atoms with Crippen LogP contribution < -0.4 is 4.90 Å². The largest absolute Gasteiger partial charge is 0.508 e. The molecule has 0 unspecified atom stereocenters. The number of nitrogens with zero attached hydrogens (tertiary/aromatic N) is 5. The van der Waals surface area contributed by atoms with Gasteiger partial charge in [0.2, 0.25) is 0 Å². The first-order valence-electron chi connectivity index (χ1n) is 9.87. The number of sulfonamides is 1. The van der Waals surface area contributed by atoms with Gasteiger partial charge in [0, 0.05) is 50.5 Å². The van der Waals surface area contributed by atoms with Gasteiger partial charge in [-0.05, 0) is 41.8 Å². The van der Waals surface area contributed by atoms with Gasteiger partial charge in [-0.15, -0.1) is 11.3 Å². The summed E-state index contributed by atoms with van der Waals surface area (Å²) in [4.78, 5) is 11.0. The summed E-state index contributed by atoms with van der Waals surface area (Å²) in [7, 11) is -3.54. The molecule has 31 heavy (non-hydrogen) atoms. The second-order valence-corrected chi connectivity index (χ2v) is 10.5. The smallest absolute Gasteiger partial charge is 0.252 e. The minimum atomic E-state index is -3.54. The lowest BCUT2D eigenvalue weighted by Crippen LogP contribution is -2.56. The summed E-state index contributed by atoms with van der Waals surface area (Å²) in [5.74, 6) is 0.200. The minimum absolute atomic E-state index is 0.120. The maximum absolute atomic E-state index is 13.2. The number of phenols is 1. The van der Waals surface area contributed by atoms with Crippen molar-refractivity contribution in [1.29, 1.82) is 0 Å². The molecule has 3 aromatic heterocycles. The highest BCUT2D eigenvalue weighted by atomic mass is 32.2. The molecular weight excluding hydrogens is 434 g/mol. The van der Waals surface area contributed by atoms with Gasteiger partial charge in [0.05, 0.1) is 6.04 Å². The highest BCUT2D eigenvalue weighted by Gasteiger charge is 2.35. The molecule has 160 valence electrons. The van der Waals surface area contributed by atoms with Crippen molar-refractivity contribution in [1.82, 2.24) is 18.8 Å². The molecule has 0 spiro atoms. The number of thiophene rings is 1. The molecule has 1 aromatic carbocycles. The molecule has 1 fully saturated rings. The van der Waals surface area contributed by atoms with Crippen LogP contribution in [0.1, 0.15) is 0 Å². The maximum Gasteiger partial charge on any atom is 0.252 e. The minimum Gasteiger partial charge on any atom is -0.508 e. The molecule has 4 heterocycles. The van der Waals surface area contributed by atoms with E-state index in [9.17, 15) is 13.5 Å². The topological polar surface area (TPSA) is 91.6 Å². The second-order valence-electron chi connectivity index (χ2n) is 7.39. The van der Waals surface area contributed by atoms with Crippen LogP contribution in [0.2, 0.25) is 0 Å². The van der Waals surface area contributed by atoms with Gasteiger partial charge in [0.1, 0.15) is 15.5 Å². The highest BCUT2D eigenvalue weighted by molar-refractivity contribution is 7.91. The standard InChI is InChI=1S/C21H21N5O3S2/c27-18-5-3-16(4-6-18)26-12-11-25(31(28,29)20-2-1-13-30-20)15-17(26)14-24-10-7-19-21(24)23-9-8-22-19/h1-10,13,17,27H,11-12,14-15H2/t17-/m0/s1. The molecule has 1 saturated heterocycles. The second kappa shape index (κ2) is 7.95. The molecular formula is C21H21N5O3S2. The van der Waals surface area contributed by atoms with E-state index in [1.165, 1.54) is 11.3 Å². The monoisotopic (exact) mass is 455 g/mol. The maximum atomic E-state index is 13.2. The van der Waals surface area contributed by atoms with Gasteiger partial charge in [-0.2, -0.15) is 4.31 Å².